The second-order valence-electron chi connectivity index (χ2n) is 8.23. The van der Waals surface area contributed by atoms with E-state index in [1.165, 1.54) is 42.7 Å². The third-order valence-corrected chi connectivity index (χ3v) is 6.72. The van der Waals surface area contributed by atoms with Crippen molar-refractivity contribution >= 4 is 42.9 Å². The van der Waals surface area contributed by atoms with Crippen molar-refractivity contribution in [3.05, 3.63) is 71.8 Å². The molecule has 0 unspecified atom stereocenters. The van der Waals surface area contributed by atoms with Gasteiger partial charge in [-0.3, -0.25) is 0 Å². The zero-order chi connectivity index (χ0) is 19.2. The number of nitrogens with zero attached hydrogens (tertiary/aromatic N) is 1. The summed E-state index contributed by atoms with van der Waals surface area (Å²) >= 11 is 1.93. The van der Waals surface area contributed by atoms with Gasteiger partial charge >= 0.3 is 0 Å². The third kappa shape index (κ3) is 3.02. The zero-order valence-corrected chi connectivity index (χ0v) is 17.7. The number of hydrogen-bond donors (Lipinski definition) is 0. The summed E-state index contributed by atoms with van der Waals surface area (Å²) in [6, 6.07) is 22.2. The molecule has 0 fully saturated rings. The number of aryl methyl sites for hydroxylation is 1. The number of rotatable bonds is 3. The van der Waals surface area contributed by atoms with E-state index in [4.69, 9.17) is 0 Å². The van der Waals surface area contributed by atoms with Crippen LogP contribution in [0.15, 0.2) is 60.7 Å². The van der Waals surface area contributed by atoms with E-state index < -0.39 is 0 Å². The van der Waals surface area contributed by atoms with Crippen LogP contribution in [0.2, 0.25) is 0 Å². The van der Waals surface area contributed by atoms with Crippen LogP contribution >= 0.6 is 11.3 Å². The normalized spacial score (nSPS) is 12.0. The molecule has 4 rings (SSSR count). The van der Waals surface area contributed by atoms with E-state index in [1.807, 2.05) is 11.3 Å². The maximum Gasteiger partial charge on any atom is 0.0592 e. The molecule has 1 heterocycles. The molecule has 0 aliphatic carbocycles. The first-order valence-electron chi connectivity index (χ1n) is 9.68. The van der Waals surface area contributed by atoms with Crippen LogP contribution in [0.25, 0.3) is 20.2 Å². The van der Waals surface area contributed by atoms with E-state index in [9.17, 15) is 0 Å². The summed E-state index contributed by atoms with van der Waals surface area (Å²) in [6.45, 7) is 9.10. The van der Waals surface area contributed by atoms with Crippen molar-refractivity contribution in [1.29, 1.82) is 0 Å². The summed E-state index contributed by atoms with van der Waals surface area (Å²) in [7, 11) is 2.20. The van der Waals surface area contributed by atoms with Gasteiger partial charge in [0.05, 0.1) is 10.4 Å². The molecule has 0 aliphatic rings. The number of benzene rings is 3. The smallest absolute Gasteiger partial charge is 0.0592 e. The van der Waals surface area contributed by atoms with Crippen molar-refractivity contribution in [2.75, 3.05) is 11.9 Å². The van der Waals surface area contributed by atoms with Crippen LogP contribution in [-0.2, 0) is 11.8 Å². The summed E-state index contributed by atoms with van der Waals surface area (Å²) in [5.41, 5.74) is 5.49. The summed E-state index contributed by atoms with van der Waals surface area (Å²) < 4.78 is 2.81. The van der Waals surface area contributed by atoms with Crippen molar-refractivity contribution in [3.63, 3.8) is 0 Å². The number of anilines is 2. The predicted molar refractivity (Wildman–Crippen MR) is 122 cm³/mol. The van der Waals surface area contributed by atoms with Gasteiger partial charge in [0, 0.05) is 28.2 Å². The van der Waals surface area contributed by atoms with Gasteiger partial charge in [0.2, 0.25) is 0 Å². The van der Waals surface area contributed by atoms with Gasteiger partial charge in [-0.05, 0) is 35.1 Å². The van der Waals surface area contributed by atoms with Crippen molar-refractivity contribution in [3.8, 4) is 0 Å². The topological polar surface area (TPSA) is 3.24 Å². The monoisotopic (exact) mass is 373 g/mol. The highest BCUT2D eigenvalue weighted by Crippen LogP contribution is 2.43. The molecule has 1 aromatic heterocycles. The fraction of sp³-hybridized carbons (Fsp3) is 0.280. The quantitative estimate of drug-likeness (QED) is 0.356. The number of hydrogen-bond acceptors (Lipinski definition) is 2. The van der Waals surface area contributed by atoms with Gasteiger partial charge < -0.3 is 4.90 Å². The molecule has 0 saturated carbocycles. The largest absolute Gasteiger partial charge is 0.343 e. The molecule has 0 atom stereocenters. The van der Waals surface area contributed by atoms with E-state index in [0.29, 0.717) is 0 Å². The molecular weight excluding hydrogens is 346 g/mol. The minimum atomic E-state index is 0.105. The van der Waals surface area contributed by atoms with Gasteiger partial charge in [0.15, 0.2) is 0 Å². The molecule has 27 heavy (non-hydrogen) atoms. The van der Waals surface area contributed by atoms with Crippen LogP contribution < -0.4 is 4.90 Å². The standard InChI is InChI=1S/C25H27NS/c1-6-17-11-9-12-18-19-13-10-16-22(24(19)27-23(17)18)26(5)21-15-8-7-14-20(21)25(2,3)4/h7-16H,6H2,1-5H3. The highest BCUT2D eigenvalue weighted by molar-refractivity contribution is 7.26. The molecule has 4 aromatic rings. The lowest BCUT2D eigenvalue weighted by Gasteiger charge is -2.29. The maximum absolute atomic E-state index is 2.36. The average molecular weight is 374 g/mol. The Morgan fingerprint density at radius 1 is 0.778 bits per heavy atom. The molecular formula is C25H27NS. The second-order valence-corrected chi connectivity index (χ2v) is 9.25. The lowest BCUT2D eigenvalue weighted by Crippen LogP contribution is -2.19. The Morgan fingerprint density at radius 2 is 1.41 bits per heavy atom. The second kappa shape index (κ2) is 6.69. The van der Waals surface area contributed by atoms with Crippen LogP contribution in [0.5, 0.6) is 0 Å². The summed E-state index contributed by atoms with van der Waals surface area (Å²) in [5, 5.41) is 2.75. The lowest BCUT2D eigenvalue weighted by molar-refractivity contribution is 0.590. The van der Waals surface area contributed by atoms with Crippen molar-refractivity contribution < 1.29 is 0 Å². The summed E-state index contributed by atoms with van der Waals surface area (Å²) in [6.07, 6.45) is 1.07. The maximum atomic E-state index is 2.36. The molecule has 1 nitrogen and oxygen atoms in total. The Morgan fingerprint density at radius 3 is 2.11 bits per heavy atom. The van der Waals surface area contributed by atoms with Crippen LogP contribution in [-0.4, -0.2) is 7.05 Å². The minimum Gasteiger partial charge on any atom is -0.343 e. The van der Waals surface area contributed by atoms with Crippen LogP contribution in [0.3, 0.4) is 0 Å². The summed E-state index contributed by atoms with van der Waals surface area (Å²) in [4.78, 5) is 2.36. The Labute approximate surface area is 166 Å². The van der Waals surface area contributed by atoms with Gasteiger partial charge in [-0.25, -0.2) is 0 Å². The van der Waals surface area contributed by atoms with Crippen molar-refractivity contribution in [2.45, 2.75) is 39.5 Å². The number of para-hydroxylation sites is 1. The van der Waals surface area contributed by atoms with E-state index in [2.05, 4.69) is 100 Å². The first-order valence-corrected chi connectivity index (χ1v) is 10.5. The molecule has 0 radical (unpaired) electrons. The van der Waals surface area contributed by atoms with E-state index in [1.54, 1.807) is 0 Å². The van der Waals surface area contributed by atoms with Gasteiger partial charge in [0.25, 0.3) is 0 Å². The Hall–Kier alpha value is -2.32. The van der Waals surface area contributed by atoms with Gasteiger partial charge in [-0.1, -0.05) is 76.2 Å². The first-order chi connectivity index (χ1) is 12.9. The number of thiophene rings is 1. The number of fused-ring (bicyclic) bond motifs is 3. The molecule has 0 amide bonds. The molecule has 2 heteroatoms. The fourth-order valence-electron chi connectivity index (χ4n) is 3.94. The van der Waals surface area contributed by atoms with Crippen LogP contribution in [0.1, 0.15) is 38.8 Å². The Bertz CT molecular complexity index is 1110. The minimum absolute atomic E-state index is 0.105. The van der Waals surface area contributed by atoms with E-state index in [-0.39, 0.29) is 5.41 Å². The molecule has 138 valence electrons. The summed E-state index contributed by atoms with van der Waals surface area (Å²) in [5.74, 6) is 0. The zero-order valence-electron chi connectivity index (χ0n) is 16.8. The van der Waals surface area contributed by atoms with Gasteiger partial charge in [0.1, 0.15) is 0 Å². The molecule has 3 aromatic carbocycles. The first kappa shape index (κ1) is 18.1. The average Bonchev–Trinajstić information content (AvgIpc) is 3.05. The van der Waals surface area contributed by atoms with E-state index in [0.717, 1.165) is 6.42 Å². The molecule has 0 spiro atoms. The SMILES string of the molecule is CCc1cccc2c1sc1c(N(C)c3ccccc3C(C)(C)C)cccc12. The Kier molecular flexibility index (Phi) is 4.47. The lowest BCUT2D eigenvalue weighted by atomic mass is 9.85. The molecule has 0 N–H and O–H groups in total. The van der Waals surface area contributed by atoms with Crippen LogP contribution in [0, 0.1) is 0 Å². The predicted octanol–water partition coefficient (Wildman–Crippen LogP) is 7.68. The highest BCUT2D eigenvalue weighted by Gasteiger charge is 2.21. The van der Waals surface area contributed by atoms with Gasteiger partial charge in [-0.15, -0.1) is 11.3 Å². The van der Waals surface area contributed by atoms with Crippen LogP contribution in [0.4, 0.5) is 11.4 Å². The molecule has 0 saturated heterocycles. The third-order valence-electron chi connectivity index (χ3n) is 5.40. The van der Waals surface area contributed by atoms with Gasteiger partial charge in [-0.2, -0.15) is 0 Å². The highest BCUT2D eigenvalue weighted by atomic mass is 32.1. The fourth-order valence-corrected chi connectivity index (χ4v) is 5.37. The van der Waals surface area contributed by atoms with Crippen molar-refractivity contribution in [1.82, 2.24) is 0 Å². The molecule has 0 bridgehead atoms. The molecule has 0 aliphatic heterocycles. The Balaban J connectivity index is 1.95. The van der Waals surface area contributed by atoms with Crippen molar-refractivity contribution in [2.24, 2.45) is 0 Å². The van der Waals surface area contributed by atoms with E-state index >= 15 is 0 Å².